The van der Waals surface area contributed by atoms with E-state index in [-0.39, 0.29) is 10.3 Å². The van der Waals surface area contributed by atoms with Gasteiger partial charge < -0.3 is 0 Å². The van der Waals surface area contributed by atoms with Gasteiger partial charge >= 0.3 is 0 Å². The van der Waals surface area contributed by atoms with Crippen molar-refractivity contribution in [1.29, 1.82) is 0 Å². The van der Waals surface area contributed by atoms with Crippen molar-refractivity contribution < 1.29 is 8.42 Å². The lowest BCUT2D eigenvalue weighted by molar-refractivity contribution is 0.506. The third kappa shape index (κ3) is 3.32. The molecule has 5 nitrogen and oxygen atoms in total. The molecule has 1 N–H and O–H groups in total. The van der Waals surface area contributed by atoms with Crippen LogP contribution in [0.25, 0.3) is 0 Å². The zero-order valence-corrected chi connectivity index (χ0v) is 14.3. The van der Waals surface area contributed by atoms with Gasteiger partial charge in [0.05, 0.1) is 11.1 Å². The van der Waals surface area contributed by atoms with Crippen molar-refractivity contribution in [1.82, 2.24) is 9.78 Å². The summed E-state index contributed by atoms with van der Waals surface area (Å²) in [4.78, 5) is 0.256. The summed E-state index contributed by atoms with van der Waals surface area (Å²) in [6, 6.07) is 8.73. The maximum absolute atomic E-state index is 12.4. The molecule has 0 atom stereocenters. The topological polar surface area (TPSA) is 64.0 Å². The molecule has 1 aromatic heterocycles. The van der Waals surface area contributed by atoms with Gasteiger partial charge in [-0.2, -0.15) is 5.10 Å². The van der Waals surface area contributed by atoms with Crippen molar-refractivity contribution in [2.24, 2.45) is 0 Å². The molecule has 0 saturated heterocycles. The maximum Gasteiger partial charge on any atom is 0.263 e. The van der Waals surface area contributed by atoms with Crippen molar-refractivity contribution in [2.45, 2.75) is 51.0 Å². The molecule has 0 unspecified atom stereocenters. The lowest BCUT2D eigenvalue weighted by Gasteiger charge is -2.23. The first-order valence-electron chi connectivity index (χ1n) is 7.45. The minimum atomic E-state index is -3.60. The van der Waals surface area contributed by atoms with Gasteiger partial charge in [0, 0.05) is 12.6 Å². The smallest absolute Gasteiger partial charge is 0.263 e. The first-order valence-corrected chi connectivity index (χ1v) is 8.93. The number of aryl methyl sites for hydroxylation is 1. The molecule has 0 fully saturated rings. The van der Waals surface area contributed by atoms with Gasteiger partial charge in [0.25, 0.3) is 10.0 Å². The number of anilines is 1. The van der Waals surface area contributed by atoms with Gasteiger partial charge in [0.2, 0.25) is 0 Å². The molecule has 1 heterocycles. The molecule has 0 bridgehead atoms. The SMILES string of the molecule is CCn1nccc1NS(=O)(=O)c1ccc(C(C)(C)CC)cc1. The maximum atomic E-state index is 12.4. The summed E-state index contributed by atoms with van der Waals surface area (Å²) in [5.74, 6) is 0.473. The van der Waals surface area contributed by atoms with E-state index < -0.39 is 10.0 Å². The van der Waals surface area contributed by atoms with Crippen LogP contribution in [-0.4, -0.2) is 18.2 Å². The van der Waals surface area contributed by atoms with Crippen molar-refractivity contribution >= 4 is 15.8 Å². The van der Waals surface area contributed by atoms with E-state index in [1.165, 1.54) is 0 Å². The van der Waals surface area contributed by atoms with Crippen LogP contribution < -0.4 is 4.72 Å². The fraction of sp³-hybridized carbons (Fsp3) is 0.438. The van der Waals surface area contributed by atoms with Gasteiger partial charge in [-0.05, 0) is 36.5 Å². The molecule has 0 amide bonds. The van der Waals surface area contributed by atoms with Crippen LogP contribution in [0.4, 0.5) is 5.82 Å². The molecule has 0 radical (unpaired) electrons. The first-order chi connectivity index (χ1) is 10.3. The summed E-state index contributed by atoms with van der Waals surface area (Å²) in [6.07, 6.45) is 2.57. The summed E-state index contributed by atoms with van der Waals surface area (Å²) >= 11 is 0. The molecule has 6 heteroatoms. The quantitative estimate of drug-likeness (QED) is 0.887. The molecule has 120 valence electrons. The Bertz CT molecular complexity index is 731. The highest BCUT2D eigenvalue weighted by molar-refractivity contribution is 7.92. The Kier molecular flexibility index (Phi) is 4.60. The zero-order valence-electron chi connectivity index (χ0n) is 13.5. The van der Waals surface area contributed by atoms with Crippen LogP contribution in [0.15, 0.2) is 41.4 Å². The third-order valence-electron chi connectivity index (χ3n) is 4.08. The number of benzene rings is 1. The van der Waals surface area contributed by atoms with Gasteiger partial charge in [0.1, 0.15) is 5.82 Å². The number of nitrogens with zero attached hydrogens (tertiary/aromatic N) is 2. The largest absolute Gasteiger partial charge is 0.264 e. The third-order valence-corrected chi connectivity index (χ3v) is 5.46. The van der Waals surface area contributed by atoms with Gasteiger partial charge in [-0.1, -0.05) is 32.9 Å². The van der Waals surface area contributed by atoms with E-state index >= 15 is 0 Å². The molecule has 2 aromatic rings. The second kappa shape index (κ2) is 6.12. The number of hydrogen-bond donors (Lipinski definition) is 1. The minimum absolute atomic E-state index is 0.0382. The fourth-order valence-electron chi connectivity index (χ4n) is 2.16. The fourth-order valence-corrected chi connectivity index (χ4v) is 3.22. The normalized spacial score (nSPS) is 12.4. The Morgan fingerprint density at radius 1 is 1.14 bits per heavy atom. The molecule has 0 aliphatic heterocycles. The van der Waals surface area contributed by atoms with Crippen molar-refractivity contribution in [3.05, 3.63) is 42.1 Å². The zero-order chi connectivity index (χ0) is 16.4. The van der Waals surface area contributed by atoms with Crippen LogP contribution in [0, 0.1) is 0 Å². The van der Waals surface area contributed by atoms with Crippen LogP contribution in [0.1, 0.15) is 39.7 Å². The summed E-state index contributed by atoms with van der Waals surface area (Å²) in [5, 5.41) is 4.06. The van der Waals surface area contributed by atoms with E-state index in [9.17, 15) is 8.42 Å². The predicted octanol–water partition coefficient (Wildman–Crippen LogP) is 3.39. The predicted molar refractivity (Wildman–Crippen MR) is 88.5 cm³/mol. The lowest BCUT2D eigenvalue weighted by Crippen LogP contribution is -2.18. The van der Waals surface area contributed by atoms with Crippen molar-refractivity contribution in [3.63, 3.8) is 0 Å². The van der Waals surface area contributed by atoms with Crippen LogP contribution in [-0.2, 0) is 22.0 Å². The van der Waals surface area contributed by atoms with Crippen LogP contribution in [0.2, 0.25) is 0 Å². The highest BCUT2D eigenvalue weighted by Gasteiger charge is 2.20. The molecule has 0 saturated carbocycles. The Labute approximate surface area is 132 Å². The Hall–Kier alpha value is -1.82. The minimum Gasteiger partial charge on any atom is -0.264 e. The molecule has 0 spiro atoms. The molecular formula is C16H23N3O2S. The second-order valence-corrected chi connectivity index (χ2v) is 7.58. The highest BCUT2D eigenvalue weighted by Crippen LogP contribution is 2.27. The average molecular weight is 321 g/mol. The monoisotopic (exact) mass is 321 g/mol. The Morgan fingerprint density at radius 3 is 2.32 bits per heavy atom. The molecule has 0 aliphatic carbocycles. The number of hydrogen-bond acceptors (Lipinski definition) is 3. The molecule has 22 heavy (non-hydrogen) atoms. The highest BCUT2D eigenvalue weighted by atomic mass is 32.2. The van der Waals surface area contributed by atoms with E-state index in [1.807, 2.05) is 19.1 Å². The van der Waals surface area contributed by atoms with E-state index in [0.29, 0.717) is 12.4 Å². The Morgan fingerprint density at radius 2 is 1.77 bits per heavy atom. The molecule has 0 aliphatic rings. The van der Waals surface area contributed by atoms with E-state index in [1.54, 1.807) is 29.1 Å². The first kappa shape index (κ1) is 16.5. The lowest BCUT2D eigenvalue weighted by atomic mass is 9.82. The van der Waals surface area contributed by atoms with E-state index in [0.717, 1.165) is 12.0 Å². The van der Waals surface area contributed by atoms with Gasteiger partial charge in [-0.3, -0.25) is 4.72 Å². The summed E-state index contributed by atoms with van der Waals surface area (Å²) in [5.41, 5.74) is 1.17. The second-order valence-electron chi connectivity index (χ2n) is 5.90. The van der Waals surface area contributed by atoms with Crippen LogP contribution in [0.3, 0.4) is 0 Å². The van der Waals surface area contributed by atoms with E-state index in [2.05, 4.69) is 30.6 Å². The molecule has 2 rings (SSSR count). The van der Waals surface area contributed by atoms with E-state index in [4.69, 9.17) is 0 Å². The number of aromatic nitrogens is 2. The average Bonchev–Trinajstić information content (AvgIpc) is 2.94. The van der Waals surface area contributed by atoms with Gasteiger partial charge in [-0.15, -0.1) is 0 Å². The summed E-state index contributed by atoms with van der Waals surface area (Å²) in [7, 11) is -3.60. The Balaban J connectivity index is 2.27. The standard InChI is InChI=1S/C16H23N3O2S/c1-5-16(3,4)13-7-9-14(10-8-13)22(20,21)18-15-11-12-17-19(15)6-2/h7-12,18H,5-6H2,1-4H3. The van der Waals surface area contributed by atoms with Gasteiger partial charge in [-0.25, -0.2) is 13.1 Å². The van der Waals surface area contributed by atoms with Crippen LogP contribution in [0.5, 0.6) is 0 Å². The number of sulfonamides is 1. The van der Waals surface area contributed by atoms with Gasteiger partial charge in [0.15, 0.2) is 0 Å². The molecule has 1 aromatic carbocycles. The van der Waals surface area contributed by atoms with Crippen LogP contribution >= 0.6 is 0 Å². The number of rotatable bonds is 6. The summed E-state index contributed by atoms with van der Waals surface area (Å²) in [6.45, 7) is 8.93. The van der Waals surface area contributed by atoms with Crippen molar-refractivity contribution in [3.8, 4) is 0 Å². The molecular weight excluding hydrogens is 298 g/mol. The summed E-state index contributed by atoms with van der Waals surface area (Å²) < 4.78 is 29.1. The van der Waals surface area contributed by atoms with Crippen molar-refractivity contribution in [2.75, 3.05) is 4.72 Å². The number of nitrogens with one attached hydrogen (secondary N) is 1.